The van der Waals surface area contributed by atoms with Crippen LogP contribution in [0.5, 0.6) is 5.75 Å². The van der Waals surface area contributed by atoms with Crippen LogP contribution < -0.4 is 10.1 Å². The van der Waals surface area contributed by atoms with Gasteiger partial charge in [0, 0.05) is 23.6 Å². The van der Waals surface area contributed by atoms with Crippen molar-refractivity contribution in [1.29, 1.82) is 0 Å². The number of aryl methyl sites for hydroxylation is 1. The molecule has 1 aliphatic rings. The quantitative estimate of drug-likeness (QED) is 0.476. The molecule has 0 bridgehead atoms. The van der Waals surface area contributed by atoms with Gasteiger partial charge in [-0.3, -0.25) is 0 Å². The highest BCUT2D eigenvalue weighted by atomic mass is 16.5. The molecule has 154 valence electrons. The van der Waals surface area contributed by atoms with E-state index in [-0.39, 0.29) is 0 Å². The van der Waals surface area contributed by atoms with Gasteiger partial charge in [0.1, 0.15) is 6.33 Å². The van der Waals surface area contributed by atoms with E-state index in [0.717, 1.165) is 47.6 Å². The van der Waals surface area contributed by atoms with Crippen LogP contribution in [0.25, 0.3) is 32.9 Å². The van der Waals surface area contributed by atoms with Gasteiger partial charge >= 0.3 is 0 Å². The lowest BCUT2D eigenvalue weighted by Crippen LogP contribution is -2.16. The SMILES string of the molecule is [C-]#[N+]c1ccc(-c2cc(OC[C@@H]3CCNC3)c3ncnn3c2-c2ccc(C)cc2)cc1. The molecular weight excluding hydrogens is 386 g/mol. The second-order valence-corrected chi connectivity index (χ2v) is 7.96. The van der Waals surface area contributed by atoms with Crippen molar-refractivity contribution in [3.63, 3.8) is 0 Å². The van der Waals surface area contributed by atoms with Gasteiger partial charge in [-0.25, -0.2) is 14.3 Å². The summed E-state index contributed by atoms with van der Waals surface area (Å²) in [5.41, 5.74) is 6.54. The standard InChI is InChI=1S/C25H23N5O/c1-17-3-5-20(6-4-17)24-22(19-7-9-21(26-2)10-8-19)13-23(25-28-16-29-30(24)25)31-15-18-11-12-27-14-18/h3-10,13,16,18,27H,11-12,14-15H2,1H3/t18-/m1/s1. The number of benzene rings is 2. The molecule has 0 saturated carbocycles. The Balaban J connectivity index is 1.67. The Labute approximate surface area is 181 Å². The molecule has 2 aromatic heterocycles. The smallest absolute Gasteiger partial charge is 0.198 e. The lowest BCUT2D eigenvalue weighted by atomic mass is 9.98. The average molecular weight is 409 g/mol. The van der Waals surface area contributed by atoms with Gasteiger partial charge in [-0.05, 0) is 31.5 Å². The third-order valence-corrected chi connectivity index (χ3v) is 5.78. The fourth-order valence-corrected chi connectivity index (χ4v) is 4.05. The van der Waals surface area contributed by atoms with Crippen LogP contribution in [0.15, 0.2) is 60.9 Å². The van der Waals surface area contributed by atoms with Crippen molar-refractivity contribution in [1.82, 2.24) is 19.9 Å². The molecule has 6 nitrogen and oxygen atoms in total. The van der Waals surface area contributed by atoms with Crippen molar-refractivity contribution in [3.8, 4) is 28.1 Å². The minimum Gasteiger partial charge on any atom is -0.489 e. The maximum Gasteiger partial charge on any atom is 0.198 e. The van der Waals surface area contributed by atoms with Crippen molar-refractivity contribution in [2.24, 2.45) is 5.92 Å². The van der Waals surface area contributed by atoms with E-state index in [1.54, 1.807) is 6.33 Å². The minimum atomic E-state index is 0.501. The first-order valence-electron chi connectivity index (χ1n) is 10.5. The van der Waals surface area contributed by atoms with Crippen molar-refractivity contribution >= 4 is 11.3 Å². The zero-order chi connectivity index (χ0) is 21.2. The summed E-state index contributed by atoms with van der Waals surface area (Å²) in [7, 11) is 0. The molecule has 6 heteroatoms. The summed E-state index contributed by atoms with van der Waals surface area (Å²) in [5.74, 6) is 1.23. The molecule has 3 heterocycles. The normalized spacial score (nSPS) is 15.8. The Hall–Kier alpha value is -3.69. The highest BCUT2D eigenvalue weighted by molar-refractivity contribution is 5.85. The first-order valence-corrected chi connectivity index (χ1v) is 10.5. The zero-order valence-corrected chi connectivity index (χ0v) is 17.4. The predicted octanol–water partition coefficient (Wildman–Crippen LogP) is 4.91. The van der Waals surface area contributed by atoms with Gasteiger partial charge in [-0.2, -0.15) is 5.10 Å². The van der Waals surface area contributed by atoms with E-state index in [2.05, 4.69) is 57.5 Å². The van der Waals surface area contributed by atoms with Crippen molar-refractivity contribution in [3.05, 3.63) is 77.9 Å². The molecule has 1 atom stereocenters. The first-order chi connectivity index (χ1) is 15.2. The molecular formula is C25H23N5O. The van der Waals surface area contributed by atoms with Crippen molar-refractivity contribution in [2.75, 3.05) is 19.7 Å². The van der Waals surface area contributed by atoms with Gasteiger partial charge in [-0.15, -0.1) is 0 Å². The van der Waals surface area contributed by atoms with Crippen LogP contribution in [0.2, 0.25) is 0 Å². The van der Waals surface area contributed by atoms with Crippen LogP contribution in [-0.4, -0.2) is 34.3 Å². The van der Waals surface area contributed by atoms with Crippen molar-refractivity contribution < 1.29 is 4.74 Å². The maximum absolute atomic E-state index is 7.25. The molecule has 1 saturated heterocycles. The average Bonchev–Trinajstić information content (AvgIpc) is 3.50. The Morgan fingerprint density at radius 3 is 2.61 bits per heavy atom. The summed E-state index contributed by atoms with van der Waals surface area (Å²) in [6, 6.07) is 18.1. The number of rotatable bonds is 5. The lowest BCUT2D eigenvalue weighted by molar-refractivity contribution is 0.261. The molecule has 0 amide bonds. The fraction of sp³-hybridized carbons (Fsp3) is 0.240. The van der Waals surface area contributed by atoms with Crippen LogP contribution >= 0.6 is 0 Å². The summed E-state index contributed by atoms with van der Waals surface area (Å²) in [4.78, 5) is 8.02. The predicted molar refractivity (Wildman–Crippen MR) is 121 cm³/mol. The highest BCUT2D eigenvalue weighted by Crippen LogP contribution is 2.37. The van der Waals surface area contributed by atoms with E-state index in [0.29, 0.717) is 23.9 Å². The largest absolute Gasteiger partial charge is 0.489 e. The van der Waals surface area contributed by atoms with Gasteiger partial charge in [-0.1, -0.05) is 54.1 Å². The molecule has 0 spiro atoms. The number of nitrogens with one attached hydrogen (secondary N) is 1. The molecule has 2 aromatic carbocycles. The maximum atomic E-state index is 7.25. The van der Waals surface area contributed by atoms with Gasteiger partial charge in [0.2, 0.25) is 0 Å². The lowest BCUT2D eigenvalue weighted by Gasteiger charge is -2.17. The molecule has 0 unspecified atom stereocenters. The third-order valence-electron chi connectivity index (χ3n) is 5.78. The van der Waals surface area contributed by atoms with Gasteiger partial charge in [0.05, 0.1) is 18.9 Å². The third kappa shape index (κ3) is 3.76. The van der Waals surface area contributed by atoms with Crippen LogP contribution in [0, 0.1) is 19.4 Å². The Kier molecular flexibility index (Phi) is 5.11. The molecule has 31 heavy (non-hydrogen) atoms. The van der Waals surface area contributed by atoms with E-state index in [1.807, 2.05) is 28.8 Å². The molecule has 1 N–H and O–H groups in total. The number of nitrogens with zero attached hydrogens (tertiary/aromatic N) is 4. The summed E-state index contributed by atoms with van der Waals surface area (Å²) >= 11 is 0. The molecule has 0 aliphatic carbocycles. The highest BCUT2D eigenvalue weighted by Gasteiger charge is 2.20. The Bertz CT molecular complexity index is 1250. The van der Waals surface area contributed by atoms with Crippen LogP contribution in [0.3, 0.4) is 0 Å². The van der Waals surface area contributed by atoms with E-state index in [4.69, 9.17) is 11.3 Å². The van der Waals surface area contributed by atoms with Gasteiger partial charge < -0.3 is 10.1 Å². The molecule has 1 fully saturated rings. The minimum absolute atomic E-state index is 0.501. The number of aromatic nitrogens is 3. The summed E-state index contributed by atoms with van der Waals surface area (Å²) in [5, 5.41) is 7.93. The number of fused-ring (bicyclic) bond motifs is 1. The van der Waals surface area contributed by atoms with E-state index < -0.39 is 0 Å². The first kappa shape index (κ1) is 19.3. The number of hydrogen-bond acceptors (Lipinski definition) is 4. The summed E-state index contributed by atoms with van der Waals surface area (Å²) in [6.45, 7) is 12.0. The number of hydrogen-bond donors (Lipinski definition) is 1. The molecule has 5 rings (SSSR count). The second-order valence-electron chi connectivity index (χ2n) is 7.96. The number of ether oxygens (including phenoxy) is 1. The fourth-order valence-electron chi connectivity index (χ4n) is 4.05. The Morgan fingerprint density at radius 2 is 1.90 bits per heavy atom. The molecule has 4 aromatic rings. The van der Waals surface area contributed by atoms with Gasteiger partial charge in [0.25, 0.3) is 0 Å². The summed E-state index contributed by atoms with van der Waals surface area (Å²) < 4.78 is 8.13. The monoisotopic (exact) mass is 409 g/mol. The summed E-state index contributed by atoms with van der Waals surface area (Å²) in [6.07, 6.45) is 2.69. The van der Waals surface area contributed by atoms with E-state index in [9.17, 15) is 0 Å². The second kappa shape index (κ2) is 8.21. The van der Waals surface area contributed by atoms with Crippen LogP contribution in [0.1, 0.15) is 12.0 Å². The van der Waals surface area contributed by atoms with Gasteiger partial charge in [0.15, 0.2) is 17.1 Å². The molecule has 1 aliphatic heterocycles. The van der Waals surface area contributed by atoms with E-state index >= 15 is 0 Å². The topological polar surface area (TPSA) is 55.8 Å². The Morgan fingerprint density at radius 1 is 1.13 bits per heavy atom. The van der Waals surface area contributed by atoms with Crippen molar-refractivity contribution in [2.45, 2.75) is 13.3 Å². The zero-order valence-electron chi connectivity index (χ0n) is 17.4. The van der Waals surface area contributed by atoms with Crippen LogP contribution in [-0.2, 0) is 0 Å². The van der Waals surface area contributed by atoms with E-state index in [1.165, 1.54) is 5.56 Å². The number of pyridine rings is 1. The molecule has 0 radical (unpaired) electrons. The van der Waals surface area contributed by atoms with Crippen LogP contribution in [0.4, 0.5) is 5.69 Å².